The van der Waals surface area contributed by atoms with E-state index in [0.29, 0.717) is 17.2 Å². The van der Waals surface area contributed by atoms with E-state index in [9.17, 15) is 4.79 Å². The third-order valence-electron chi connectivity index (χ3n) is 4.80. The lowest BCUT2D eigenvalue weighted by atomic mass is 10.1. The van der Waals surface area contributed by atoms with Crippen molar-refractivity contribution in [2.75, 3.05) is 43.1 Å². The number of aromatic nitrogens is 3. The Morgan fingerprint density at radius 2 is 1.71 bits per heavy atom. The minimum Gasteiger partial charge on any atom is -0.497 e. The number of methoxy groups -OCH3 is 1. The van der Waals surface area contributed by atoms with E-state index in [1.165, 1.54) is 0 Å². The first-order valence-corrected chi connectivity index (χ1v) is 9.39. The van der Waals surface area contributed by atoms with E-state index in [4.69, 9.17) is 16.3 Å². The molecule has 0 aliphatic carbocycles. The molecule has 0 saturated carbocycles. The predicted octanol–water partition coefficient (Wildman–Crippen LogP) is 2.82. The highest BCUT2D eigenvalue weighted by atomic mass is 35.5. The van der Waals surface area contributed by atoms with Crippen LogP contribution in [0, 0.1) is 0 Å². The van der Waals surface area contributed by atoms with Gasteiger partial charge in [0, 0.05) is 42.5 Å². The molecule has 0 atom stereocenters. The van der Waals surface area contributed by atoms with E-state index < -0.39 is 0 Å². The summed E-state index contributed by atoms with van der Waals surface area (Å²) in [6.07, 6.45) is 0. The first-order chi connectivity index (χ1) is 13.6. The fourth-order valence-electron chi connectivity index (χ4n) is 3.26. The van der Waals surface area contributed by atoms with Gasteiger partial charge in [0.2, 0.25) is 5.95 Å². The van der Waals surface area contributed by atoms with E-state index in [0.717, 1.165) is 42.6 Å². The normalized spacial score (nSPS) is 14.2. The van der Waals surface area contributed by atoms with Gasteiger partial charge >= 0.3 is 0 Å². The van der Waals surface area contributed by atoms with Crippen LogP contribution in [0.25, 0.3) is 11.3 Å². The number of piperazine rings is 1. The van der Waals surface area contributed by atoms with Crippen LogP contribution >= 0.6 is 11.6 Å². The van der Waals surface area contributed by atoms with Crippen molar-refractivity contribution >= 4 is 23.2 Å². The van der Waals surface area contributed by atoms with Gasteiger partial charge in [0.1, 0.15) is 5.75 Å². The molecule has 1 aliphatic rings. The summed E-state index contributed by atoms with van der Waals surface area (Å²) in [5, 5.41) is 9.13. The van der Waals surface area contributed by atoms with Crippen molar-refractivity contribution in [3.8, 4) is 17.0 Å². The molecule has 0 bridgehead atoms. The molecule has 0 unspecified atom stereocenters. The first kappa shape index (κ1) is 18.3. The van der Waals surface area contributed by atoms with Gasteiger partial charge in [0.25, 0.3) is 5.56 Å². The monoisotopic (exact) mass is 397 g/mol. The maximum absolute atomic E-state index is 12.5. The molecule has 0 spiro atoms. The minimum atomic E-state index is -0.257. The van der Waals surface area contributed by atoms with Crippen LogP contribution < -0.4 is 20.1 Å². The molecule has 1 saturated heterocycles. The second kappa shape index (κ2) is 7.90. The third-order valence-corrected chi connectivity index (χ3v) is 5.04. The molecule has 7 nitrogen and oxygen atoms in total. The summed E-state index contributed by atoms with van der Waals surface area (Å²) in [6.45, 7) is 3.09. The first-order valence-electron chi connectivity index (χ1n) is 9.01. The Hall–Kier alpha value is -3.06. The Bertz CT molecular complexity index is 1010. The van der Waals surface area contributed by atoms with Gasteiger partial charge in [-0.25, -0.2) is 0 Å². The molecule has 1 fully saturated rings. The van der Waals surface area contributed by atoms with Gasteiger partial charge in [-0.05, 0) is 42.5 Å². The van der Waals surface area contributed by atoms with Crippen molar-refractivity contribution in [2.45, 2.75) is 0 Å². The molecular formula is C20H20ClN5O2. The fraction of sp³-hybridized carbons (Fsp3) is 0.250. The molecule has 4 rings (SSSR count). The van der Waals surface area contributed by atoms with Crippen molar-refractivity contribution in [2.24, 2.45) is 0 Å². The van der Waals surface area contributed by atoms with E-state index in [-0.39, 0.29) is 5.56 Å². The second-order valence-electron chi connectivity index (χ2n) is 6.51. The van der Waals surface area contributed by atoms with Gasteiger partial charge < -0.3 is 14.5 Å². The number of halogens is 1. The highest BCUT2D eigenvalue weighted by Gasteiger charge is 2.20. The Balaban J connectivity index is 1.47. The predicted molar refractivity (Wildman–Crippen MR) is 111 cm³/mol. The number of aromatic amines is 1. The van der Waals surface area contributed by atoms with Crippen molar-refractivity contribution in [1.29, 1.82) is 0 Å². The van der Waals surface area contributed by atoms with Gasteiger partial charge in [-0.3, -0.25) is 9.78 Å². The van der Waals surface area contributed by atoms with Crippen molar-refractivity contribution in [1.82, 2.24) is 15.2 Å². The van der Waals surface area contributed by atoms with Crippen LogP contribution in [0.1, 0.15) is 0 Å². The SMILES string of the molecule is COc1ccc(-c2nnc(N3CCN(c4cccc(Cl)c4)CC3)[nH]c2=O)cc1. The molecule has 1 aliphatic heterocycles. The van der Waals surface area contributed by atoms with Crippen LogP contribution in [-0.2, 0) is 0 Å². The standard InChI is InChI=1S/C20H20ClN5O2/c1-28-17-7-5-14(6-8-17)18-19(27)22-20(24-23-18)26-11-9-25(10-12-26)16-4-2-3-15(21)13-16/h2-8,13H,9-12H2,1H3,(H,22,24,27). The summed E-state index contributed by atoms with van der Waals surface area (Å²) in [7, 11) is 1.60. The number of anilines is 2. The van der Waals surface area contributed by atoms with Crippen LogP contribution in [0.3, 0.4) is 0 Å². The smallest absolute Gasteiger partial charge is 0.279 e. The topological polar surface area (TPSA) is 74.4 Å². The average molecular weight is 398 g/mol. The van der Waals surface area contributed by atoms with Crippen LogP contribution in [0.15, 0.2) is 53.3 Å². The van der Waals surface area contributed by atoms with Crippen molar-refractivity contribution < 1.29 is 4.74 Å². The molecule has 2 heterocycles. The van der Waals surface area contributed by atoms with Crippen LogP contribution in [0.4, 0.5) is 11.6 Å². The van der Waals surface area contributed by atoms with Gasteiger partial charge in [-0.15, -0.1) is 10.2 Å². The zero-order valence-corrected chi connectivity index (χ0v) is 16.2. The maximum atomic E-state index is 12.5. The van der Waals surface area contributed by atoms with E-state index in [1.807, 2.05) is 29.2 Å². The molecule has 144 valence electrons. The summed E-state index contributed by atoms with van der Waals surface area (Å²) >= 11 is 6.09. The largest absolute Gasteiger partial charge is 0.497 e. The third kappa shape index (κ3) is 3.80. The average Bonchev–Trinajstić information content (AvgIpc) is 2.74. The van der Waals surface area contributed by atoms with Gasteiger partial charge in [0.15, 0.2) is 5.69 Å². The van der Waals surface area contributed by atoms with Gasteiger partial charge in [-0.2, -0.15) is 0 Å². The summed E-state index contributed by atoms with van der Waals surface area (Å²) in [5.41, 5.74) is 1.84. The number of ether oxygens (including phenoxy) is 1. The lowest BCUT2D eigenvalue weighted by Gasteiger charge is -2.36. The molecule has 2 aromatic carbocycles. The van der Waals surface area contributed by atoms with Crippen molar-refractivity contribution in [3.05, 3.63) is 63.9 Å². The quantitative estimate of drug-likeness (QED) is 0.729. The molecular weight excluding hydrogens is 378 g/mol. The molecule has 8 heteroatoms. The Morgan fingerprint density at radius 1 is 1.00 bits per heavy atom. The molecule has 3 aromatic rings. The van der Waals surface area contributed by atoms with Crippen molar-refractivity contribution in [3.63, 3.8) is 0 Å². The highest BCUT2D eigenvalue weighted by Crippen LogP contribution is 2.22. The zero-order chi connectivity index (χ0) is 19.5. The van der Waals surface area contributed by atoms with Crippen LogP contribution in [0.2, 0.25) is 5.02 Å². The summed E-state index contributed by atoms with van der Waals surface area (Å²) in [6, 6.07) is 15.0. The molecule has 0 amide bonds. The number of nitrogens with one attached hydrogen (secondary N) is 1. The maximum Gasteiger partial charge on any atom is 0.279 e. The second-order valence-corrected chi connectivity index (χ2v) is 6.95. The Kier molecular flexibility index (Phi) is 5.16. The summed E-state index contributed by atoms with van der Waals surface area (Å²) in [5.74, 6) is 1.22. The van der Waals surface area contributed by atoms with Gasteiger partial charge in [-0.1, -0.05) is 17.7 Å². The lowest BCUT2D eigenvalue weighted by Crippen LogP contribution is -2.47. The molecule has 28 heavy (non-hydrogen) atoms. The Morgan fingerprint density at radius 3 is 2.36 bits per heavy atom. The minimum absolute atomic E-state index is 0.257. The number of hydrogen-bond acceptors (Lipinski definition) is 6. The van der Waals surface area contributed by atoms with Crippen LogP contribution in [0.5, 0.6) is 5.75 Å². The number of nitrogens with zero attached hydrogens (tertiary/aromatic N) is 4. The molecule has 1 aromatic heterocycles. The number of benzene rings is 2. The van der Waals surface area contributed by atoms with E-state index >= 15 is 0 Å². The summed E-state index contributed by atoms with van der Waals surface area (Å²) in [4.78, 5) is 19.7. The number of H-pyrrole nitrogens is 1. The zero-order valence-electron chi connectivity index (χ0n) is 15.4. The number of hydrogen-bond donors (Lipinski definition) is 1. The highest BCUT2D eigenvalue weighted by molar-refractivity contribution is 6.30. The fourth-order valence-corrected chi connectivity index (χ4v) is 3.44. The molecule has 0 radical (unpaired) electrons. The van der Waals surface area contributed by atoms with E-state index in [1.54, 1.807) is 31.4 Å². The van der Waals surface area contributed by atoms with Crippen LogP contribution in [-0.4, -0.2) is 48.5 Å². The van der Waals surface area contributed by atoms with E-state index in [2.05, 4.69) is 20.1 Å². The summed E-state index contributed by atoms with van der Waals surface area (Å²) < 4.78 is 5.14. The molecule has 1 N–H and O–H groups in total. The van der Waals surface area contributed by atoms with Gasteiger partial charge in [0.05, 0.1) is 7.11 Å². The number of rotatable bonds is 4. The lowest BCUT2D eigenvalue weighted by molar-refractivity contribution is 0.415. The Labute approximate surface area is 167 Å².